The van der Waals surface area contributed by atoms with Gasteiger partial charge in [0.25, 0.3) is 0 Å². The number of aryl methyl sites for hydroxylation is 1. The van der Waals surface area contributed by atoms with Gasteiger partial charge in [0.15, 0.2) is 11.6 Å². The van der Waals surface area contributed by atoms with Crippen LogP contribution >= 0.6 is 11.6 Å². The van der Waals surface area contributed by atoms with E-state index in [2.05, 4.69) is 10.3 Å². The van der Waals surface area contributed by atoms with Crippen molar-refractivity contribution in [2.24, 2.45) is 0 Å². The topological polar surface area (TPSA) is 71.5 Å². The molecule has 0 unspecified atom stereocenters. The molecule has 1 amide bonds. The summed E-state index contributed by atoms with van der Waals surface area (Å²) in [6, 6.07) is 5.84. The Hall–Kier alpha value is -2.81. The van der Waals surface area contributed by atoms with Crippen molar-refractivity contribution < 1.29 is 27.5 Å². The molecule has 0 radical (unpaired) electrons. The second-order valence-corrected chi connectivity index (χ2v) is 6.31. The quantitative estimate of drug-likeness (QED) is 0.632. The maximum Gasteiger partial charge on any atom is 0.417 e. The molecule has 142 valence electrons. The predicted octanol–water partition coefficient (Wildman–Crippen LogP) is 3.43. The van der Waals surface area contributed by atoms with Gasteiger partial charge in [-0.2, -0.15) is 13.2 Å². The number of fused-ring (bicyclic) bond motifs is 1. The van der Waals surface area contributed by atoms with E-state index in [-0.39, 0.29) is 23.9 Å². The van der Waals surface area contributed by atoms with Gasteiger partial charge in [-0.1, -0.05) is 17.7 Å². The molecule has 1 aromatic heterocycles. The van der Waals surface area contributed by atoms with E-state index in [1.807, 2.05) is 6.92 Å². The molecular weight excluding hydrogens is 387 g/mol. The third kappa shape index (κ3) is 4.30. The number of ether oxygens (including phenoxy) is 1. The molecule has 0 bridgehead atoms. The number of anilines is 2. The van der Waals surface area contributed by atoms with E-state index < -0.39 is 23.6 Å². The highest BCUT2D eigenvalue weighted by Gasteiger charge is 2.32. The van der Waals surface area contributed by atoms with E-state index in [1.165, 1.54) is 4.90 Å². The summed E-state index contributed by atoms with van der Waals surface area (Å²) >= 11 is 5.78. The molecule has 0 saturated heterocycles. The zero-order valence-corrected chi connectivity index (χ0v) is 14.7. The largest absolute Gasteiger partial charge is 0.423 e. The minimum absolute atomic E-state index is 0.141. The van der Waals surface area contributed by atoms with Gasteiger partial charge in [-0.25, -0.2) is 9.78 Å². The van der Waals surface area contributed by atoms with Gasteiger partial charge in [0.05, 0.1) is 22.8 Å². The Balaban J connectivity index is 1.75. The number of alkyl halides is 3. The highest BCUT2D eigenvalue weighted by Crippen LogP contribution is 2.34. The lowest BCUT2D eigenvalue weighted by Gasteiger charge is -2.29. The molecular formula is C17H13ClF3N3O3. The van der Waals surface area contributed by atoms with Crippen LogP contribution in [-0.2, 0) is 15.8 Å². The lowest BCUT2D eigenvalue weighted by atomic mass is 10.1. The molecule has 1 N–H and O–H groups in total. The first-order chi connectivity index (χ1) is 12.6. The lowest BCUT2D eigenvalue weighted by molar-refractivity contribution is -0.138. The summed E-state index contributed by atoms with van der Waals surface area (Å²) < 4.78 is 43.1. The molecule has 27 heavy (non-hydrogen) atoms. The van der Waals surface area contributed by atoms with E-state index in [1.54, 1.807) is 18.2 Å². The summed E-state index contributed by atoms with van der Waals surface area (Å²) in [4.78, 5) is 29.1. The van der Waals surface area contributed by atoms with Crippen molar-refractivity contribution >= 4 is 35.0 Å². The standard InChI is InChI=1S/C17H13ClF3N3O3/c1-9-2-3-13-12(4-9)24(8-15(26)27-13)7-14(25)23-16-11(18)5-10(6-22-16)17(19,20)21/h2-6H,7-8H2,1H3,(H,22,23,25). The Morgan fingerprint density at radius 1 is 1.37 bits per heavy atom. The van der Waals surface area contributed by atoms with E-state index >= 15 is 0 Å². The van der Waals surface area contributed by atoms with Crippen LogP contribution in [0.25, 0.3) is 0 Å². The first kappa shape index (κ1) is 19.0. The number of esters is 1. The van der Waals surface area contributed by atoms with Crippen LogP contribution < -0.4 is 15.0 Å². The van der Waals surface area contributed by atoms with E-state index in [4.69, 9.17) is 16.3 Å². The lowest BCUT2D eigenvalue weighted by Crippen LogP contribution is -2.41. The summed E-state index contributed by atoms with van der Waals surface area (Å²) in [6.45, 7) is 1.48. The van der Waals surface area contributed by atoms with Crippen molar-refractivity contribution in [3.8, 4) is 5.75 Å². The van der Waals surface area contributed by atoms with Crippen molar-refractivity contribution in [2.75, 3.05) is 23.3 Å². The predicted molar refractivity (Wildman–Crippen MR) is 91.9 cm³/mol. The molecule has 0 saturated carbocycles. The number of hydrogen-bond donors (Lipinski definition) is 1. The number of rotatable bonds is 3. The van der Waals surface area contributed by atoms with Gasteiger partial charge in [0.2, 0.25) is 5.91 Å². The SMILES string of the molecule is Cc1ccc2c(c1)N(CC(=O)Nc1ncc(C(F)(F)F)cc1Cl)CC(=O)O2. The van der Waals surface area contributed by atoms with Crippen LogP contribution in [0.15, 0.2) is 30.5 Å². The van der Waals surface area contributed by atoms with E-state index in [0.29, 0.717) is 23.7 Å². The van der Waals surface area contributed by atoms with Crippen molar-refractivity contribution in [1.29, 1.82) is 0 Å². The van der Waals surface area contributed by atoms with Crippen LogP contribution in [0.3, 0.4) is 0 Å². The normalized spacial score (nSPS) is 13.8. The van der Waals surface area contributed by atoms with Gasteiger partial charge >= 0.3 is 12.1 Å². The van der Waals surface area contributed by atoms with Crippen molar-refractivity contribution in [2.45, 2.75) is 13.1 Å². The van der Waals surface area contributed by atoms with Gasteiger partial charge in [-0.3, -0.25) is 4.79 Å². The highest BCUT2D eigenvalue weighted by molar-refractivity contribution is 6.33. The summed E-state index contributed by atoms with van der Waals surface area (Å²) in [5, 5.41) is 2.01. The zero-order valence-electron chi connectivity index (χ0n) is 13.9. The summed E-state index contributed by atoms with van der Waals surface area (Å²) in [7, 11) is 0. The number of halogens is 4. The molecule has 0 atom stereocenters. The molecule has 2 aromatic rings. The van der Waals surface area contributed by atoms with Gasteiger partial charge in [-0.05, 0) is 30.7 Å². The Morgan fingerprint density at radius 3 is 2.78 bits per heavy atom. The average Bonchev–Trinajstić information content (AvgIpc) is 2.56. The number of aromatic nitrogens is 1. The molecule has 1 aliphatic rings. The monoisotopic (exact) mass is 399 g/mol. The minimum Gasteiger partial charge on any atom is -0.423 e. The van der Waals surface area contributed by atoms with Crippen LogP contribution in [0, 0.1) is 6.92 Å². The fraction of sp³-hybridized carbons (Fsp3) is 0.235. The Labute approximate surface area is 156 Å². The molecule has 0 spiro atoms. The van der Waals surface area contributed by atoms with Crippen LogP contribution in [0.4, 0.5) is 24.7 Å². The second kappa shape index (κ2) is 7.07. The number of benzene rings is 1. The highest BCUT2D eigenvalue weighted by atomic mass is 35.5. The van der Waals surface area contributed by atoms with E-state index in [9.17, 15) is 22.8 Å². The Kier molecular flexibility index (Phi) is 4.97. The van der Waals surface area contributed by atoms with Crippen LogP contribution in [0.5, 0.6) is 5.75 Å². The number of hydrogen-bond acceptors (Lipinski definition) is 5. The number of nitrogens with zero attached hydrogens (tertiary/aromatic N) is 2. The maximum absolute atomic E-state index is 12.6. The Bertz CT molecular complexity index is 918. The smallest absolute Gasteiger partial charge is 0.417 e. The molecule has 10 heteroatoms. The number of amides is 1. The van der Waals surface area contributed by atoms with Crippen LogP contribution in [0.2, 0.25) is 5.02 Å². The number of carbonyl (C=O) groups is 2. The number of nitrogens with one attached hydrogen (secondary N) is 1. The van der Waals surface area contributed by atoms with Crippen molar-refractivity contribution in [3.63, 3.8) is 0 Å². The molecule has 0 aliphatic carbocycles. The Morgan fingerprint density at radius 2 is 2.11 bits per heavy atom. The summed E-state index contributed by atoms with van der Waals surface area (Å²) in [6.07, 6.45) is -4.01. The van der Waals surface area contributed by atoms with Crippen molar-refractivity contribution in [1.82, 2.24) is 4.98 Å². The van der Waals surface area contributed by atoms with Gasteiger partial charge < -0.3 is 15.0 Å². The average molecular weight is 400 g/mol. The van der Waals surface area contributed by atoms with Gasteiger partial charge in [-0.15, -0.1) is 0 Å². The fourth-order valence-corrected chi connectivity index (χ4v) is 2.74. The molecule has 2 heterocycles. The van der Waals surface area contributed by atoms with Crippen molar-refractivity contribution in [3.05, 3.63) is 46.6 Å². The molecule has 3 rings (SSSR count). The molecule has 6 nitrogen and oxygen atoms in total. The summed E-state index contributed by atoms with van der Waals surface area (Å²) in [5.74, 6) is -0.981. The van der Waals surface area contributed by atoms with E-state index in [0.717, 1.165) is 5.56 Å². The van der Waals surface area contributed by atoms with Crippen LogP contribution in [-0.4, -0.2) is 29.9 Å². The first-order valence-corrected chi connectivity index (χ1v) is 8.10. The fourth-order valence-electron chi connectivity index (χ4n) is 2.53. The van der Waals surface area contributed by atoms with Gasteiger partial charge in [0, 0.05) is 6.20 Å². The minimum atomic E-state index is -4.59. The molecule has 1 aliphatic heterocycles. The van der Waals surface area contributed by atoms with Crippen LogP contribution in [0.1, 0.15) is 11.1 Å². The molecule has 1 aromatic carbocycles. The summed E-state index contributed by atoms with van der Waals surface area (Å²) in [5.41, 5.74) is 0.453. The molecule has 0 fully saturated rings. The second-order valence-electron chi connectivity index (χ2n) is 5.90. The maximum atomic E-state index is 12.6. The third-order valence-electron chi connectivity index (χ3n) is 3.76. The third-order valence-corrected chi connectivity index (χ3v) is 4.05. The number of pyridine rings is 1. The van der Waals surface area contributed by atoms with Gasteiger partial charge in [0.1, 0.15) is 6.54 Å². The first-order valence-electron chi connectivity index (χ1n) is 7.72. The zero-order chi connectivity index (χ0) is 19.8. The number of carbonyl (C=O) groups excluding carboxylic acids is 2.